The Morgan fingerprint density at radius 3 is 2.76 bits per heavy atom. The van der Waals surface area contributed by atoms with E-state index < -0.39 is 0 Å². The molecule has 25 heavy (non-hydrogen) atoms. The van der Waals surface area contributed by atoms with E-state index in [9.17, 15) is 0 Å². The molecule has 0 saturated carbocycles. The molecule has 0 spiro atoms. The monoisotopic (exact) mass is 335 g/mol. The van der Waals surface area contributed by atoms with E-state index in [1.54, 1.807) is 0 Å². The largest absolute Gasteiger partial charge is 0.338 e. The number of rotatable bonds is 4. The zero-order valence-corrected chi connectivity index (χ0v) is 14.2. The molecule has 1 aromatic carbocycles. The number of aryl methyl sites for hydroxylation is 2. The molecule has 0 aliphatic heterocycles. The number of fused-ring (bicyclic) bond motifs is 3. The summed E-state index contributed by atoms with van der Waals surface area (Å²) in [5.74, 6) is 1.03. The first kappa shape index (κ1) is 16.9. The highest BCUT2D eigenvalue weighted by atomic mass is 16.1. The zero-order valence-electron chi connectivity index (χ0n) is 14.2. The lowest BCUT2D eigenvalue weighted by atomic mass is 10.1. The molecule has 6 nitrogen and oxygen atoms in total. The molecule has 3 heterocycles. The van der Waals surface area contributed by atoms with Crippen LogP contribution in [0.1, 0.15) is 17.8 Å². The minimum Gasteiger partial charge on any atom is -0.338 e. The van der Waals surface area contributed by atoms with Gasteiger partial charge in [-0.3, -0.25) is 4.40 Å². The third-order valence-electron chi connectivity index (χ3n) is 4.14. The maximum Gasteiger partial charge on any atom is 0.154 e. The molecule has 3 aromatic heterocycles. The van der Waals surface area contributed by atoms with Gasteiger partial charge in [0.05, 0.1) is 23.4 Å². The fraction of sp³-hybridized carbons (Fsp3) is 0.211. The second-order valence-corrected chi connectivity index (χ2v) is 5.87. The standard InChI is InChI=1S/C18H19N5.CH2O/c1-12-4-2-5-13(8-12)15-9-16-18(22-15)21-11-14-10-20-17(23(14)16)6-3-7-19;1-2/h2,4-5,8-11,22H,3,6-7,19H2,1H3;1H2. The van der Waals surface area contributed by atoms with Crippen molar-refractivity contribution >= 4 is 23.5 Å². The molecule has 0 unspecified atom stereocenters. The number of benzene rings is 1. The van der Waals surface area contributed by atoms with Crippen LogP contribution in [0.5, 0.6) is 0 Å². The average Bonchev–Trinajstić information content (AvgIpc) is 3.25. The first-order valence-corrected chi connectivity index (χ1v) is 8.16. The van der Waals surface area contributed by atoms with Gasteiger partial charge in [-0.2, -0.15) is 0 Å². The minimum absolute atomic E-state index is 0.671. The molecule has 0 aliphatic rings. The van der Waals surface area contributed by atoms with E-state index >= 15 is 0 Å². The molecular formula is C19H21N5O. The summed E-state index contributed by atoms with van der Waals surface area (Å²) in [6.45, 7) is 4.77. The lowest BCUT2D eigenvalue weighted by Crippen LogP contribution is -2.03. The summed E-state index contributed by atoms with van der Waals surface area (Å²) in [6.07, 6.45) is 5.53. The molecule has 3 N–H and O–H groups in total. The maximum absolute atomic E-state index is 8.00. The SMILES string of the molecule is C=O.Cc1cccc(-c2cc3c(ncc4cnc(CCCN)n43)[nH]2)c1. The number of carbonyl (C=O) groups is 1. The van der Waals surface area contributed by atoms with Gasteiger partial charge < -0.3 is 15.5 Å². The fourth-order valence-electron chi connectivity index (χ4n) is 3.01. The quantitative estimate of drug-likeness (QED) is 0.600. The molecular weight excluding hydrogens is 314 g/mol. The predicted octanol–water partition coefficient (Wildman–Crippen LogP) is 2.89. The second kappa shape index (κ2) is 7.27. The summed E-state index contributed by atoms with van der Waals surface area (Å²) in [7, 11) is 0. The third kappa shape index (κ3) is 3.16. The molecule has 0 saturated heterocycles. The summed E-state index contributed by atoms with van der Waals surface area (Å²) < 4.78 is 2.17. The molecule has 0 radical (unpaired) electrons. The Bertz CT molecular complexity index is 1000. The molecule has 0 amide bonds. The molecule has 0 fully saturated rings. The summed E-state index contributed by atoms with van der Waals surface area (Å²) in [4.78, 5) is 20.5. The number of hydrogen-bond acceptors (Lipinski definition) is 4. The zero-order chi connectivity index (χ0) is 17.8. The summed E-state index contributed by atoms with van der Waals surface area (Å²) in [5.41, 5.74) is 12.1. The second-order valence-electron chi connectivity index (χ2n) is 5.87. The Labute approximate surface area is 145 Å². The van der Waals surface area contributed by atoms with Gasteiger partial charge in [0.2, 0.25) is 0 Å². The average molecular weight is 335 g/mol. The van der Waals surface area contributed by atoms with E-state index in [0.29, 0.717) is 6.54 Å². The van der Waals surface area contributed by atoms with Gasteiger partial charge in [0.1, 0.15) is 12.6 Å². The Morgan fingerprint density at radius 1 is 1.20 bits per heavy atom. The maximum atomic E-state index is 8.00. The number of nitrogens with two attached hydrogens (primary N) is 1. The van der Waals surface area contributed by atoms with Gasteiger partial charge in [0.25, 0.3) is 0 Å². The number of aromatic amines is 1. The third-order valence-corrected chi connectivity index (χ3v) is 4.14. The minimum atomic E-state index is 0.671. The van der Waals surface area contributed by atoms with Crippen molar-refractivity contribution in [3.8, 4) is 11.3 Å². The van der Waals surface area contributed by atoms with Crippen LogP contribution >= 0.6 is 0 Å². The van der Waals surface area contributed by atoms with Gasteiger partial charge in [-0.1, -0.05) is 23.8 Å². The lowest BCUT2D eigenvalue weighted by molar-refractivity contribution is -0.0979. The molecule has 0 aliphatic carbocycles. The van der Waals surface area contributed by atoms with Crippen LogP contribution in [-0.4, -0.2) is 32.7 Å². The highest BCUT2D eigenvalue weighted by molar-refractivity contribution is 5.82. The Kier molecular flexibility index (Phi) is 4.90. The van der Waals surface area contributed by atoms with Gasteiger partial charge in [0.15, 0.2) is 5.65 Å². The number of H-pyrrole nitrogens is 1. The highest BCUT2D eigenvalue weighted by Gasteiger charge is 2.11. The van der Waals surface area contributed by atoms with Crippen LogP contribution in [-0.2, 0) is 11.2 Å². The van der Waals surface area contributed by atoms with Crippen LogP contribution in [0.4, 0.5) is 0 Å². The van der Waals surface area contributed by atoms with E-state index in [1.165, 1.54) is 11.1 Å². The number of nitrogens with zero attached hydrogens (tertiary/aromatic N) is 3. The first-order valence-electron chi connectivity index (χ1n) is 8.16. The molecule has 6 heteroatoms. The van der Waals surface area contributed by atoms with E-state index in [4.69, 9.17) is 10.5 Å². The van der Waals surface area contributed by atoms with Crippen LogP contribution in [0.3, 0.4) is 0 Å². The van der Waals surface area contributed by atoms with Gasteiger partial charge in [-0.15, -0.1) is 0 Å². The van der Waals surface area contributed by atoms with Crippen molar-refractivity contribution < 1.29 is 4.79 Å². The molecule has 4 rings (SSSR count). The normalized spacial score (nSPS) is 10.8. The fourth-order valence-corrected chi connectivity index (χ4v) is 3.01. The first-order chi connectivity index (χ1) is 12.3. The number of imidazole rings is 1. The predicted molar refractivity (Wildman–Crippen MR) is 99.5 cm³/mol. The highest BCUT2D eigenvalue weighted by Crippen LogP contribution is 2.25. The van der Waals surface area contributed by atoms with Gasteiger partial charge in [-0.25, -0.2) is 9.97 Å². The van der Waals surface area contributed by atoms with Crippen LogP contribution in [0.15, 0.2) is 42.7 Å². The smallest absolute Gasteiger partial charge is 0.154 e. The molecule has 128 valence electrons. The van der Waals surface area contributed by atoms with Crippen LogP contribution in [0.2, 0.25) is 0 Å². The van der Waals surface area contributed by atoms with Crippen molar-refractivity contribution in [1.29, 1.82) is 0 Å². The van der Waals surface area contributed by atoms with Crippen LogP contribution in [0.25, 0.3) is 27.9 Å². The lowest BCUT2D eigenvalue weighted by Gasteiger charge is -2.01. The topological polar surface area (TPSA) is 89.1 Å². The van der Waals surface area contributed by atoms with Gasteiger partial charge >= 0.3 is 0 Å². The van der Waals surface area contributed by atoms with E-state index in [2.05, 4.69) is 56.6 Å². The van der Waals surface area contributed by atoms with E-state index in [0.717, 1.165) is 41.0 Å². The molecule has 0 atom stereocenters. The summed E-state index contributed by atoms with van der Waals surface area (Å²) in [6, 6.07) is 10.6. The van der Waals surface area contributed by atoms with E-state index in [-0.39, 0.29) is 0 Å². The van der Waals surface area contributed by atoms with Crippen molar-refractivity contribution in [3.63, 3.8) is 0 Å². The summed E-state index contributed by atoms with van der Waals surface area (Å²) >= 11 is 0. The molecule has 0 bridgehead atoms. The Morgan fingerprint density at radius 2 is 2.00 bits per heavy atom. The van der Waals surface area contributed by atoms with E-state index in [1.807, 2.05) is 19.2 Å². The number of carbonyl (C=O) groups excluding carboxylic acids is 1. The van der Waals surface area contributed by atoms with Crippen molar-refractivity contribution in [3.05, 3.63) is 54.1 Å². The van der Waals surface area contributed by atoms with Crippen molar-refractivity contribution in [1.82, 2.24) is 19.4 Å². The number of hydrogen-bond donors (Lipinski definition) is 2. The van der Waals surface area contributed by atoms with Crippen molar-refractivity contribution in [2.24, 2.45) is 5.73 Å². The molecule has 4 aromatic rings. The summed E-state index contributed by atoms with van der Waals surface area (Å²) in [5, 5.41) is 0. The van der Waals surface area contributed by atoms with Crippen LogP contribution in [0, 0.1) is 6.92 Å². The Hall–Kier alpha value is -2.99. The van der Waals surface area contributed by atoms with Gasteiger partial charge in [0, 0.05) is 12.1 Å². The van der Waals surface area contributed by atoms with Crippen molar-refractivity contribution in [2.45, 2.75) is 19.8 Å². The van der Waals surface area contributed by atoms with Crippen molar-refractivity contribution in [2.75, 3.05) is 6.54 Å². The van der Waals surface area contributed by atoms with Crippen LogP contribution < -0.4 is 5.73 Å². The Balaban J connectivity index is 0.000000880. The van der Waals surface area contributed by atoms with Gasteiger partial charge in [-0.05, 0) is 37.6 Å². The number of aromatic nitrogens is 4. The number of nitrogens with one attached hydrogen (secondary N) is 1.